The monoisotopic (exact) mass is 329 g/mol. The summed E-state index contributed by atoms with van der Waals surface area (Å²) in [6.45, 7) is 5.45. The predicted molar refractivity (Wildman–Crippen MR) is 91.1 cm³/mol. The van der Waals surface area contributed by atoms with Crippen LogP contribution in [0, 0.1) is 0 Å². The maximum atomic E-state index is 12.3. The van der Waals surface area contributed by atoms with E-state index < -0.39 is 0 Å². The second-order valence-corrected chi connectivity index (χ2v) is 5.71. The lowest BCUT2D eigenvalue weighted by Crippen LogP contribution is -2.36. The number of carbonyl (C=O) groups is 1. The summed E-state index contributed by atoms with van der Waals surface area (Å²) in [5.74, 6) is 2.46. The van der Waals surface area contributed by atoms with Crippen LogP contribution in [-0.4, -0.2) is 27.4 Å². The van der Waals surface area contributed by atoms with Crippen molar-refractivity contribution in [1.29, 1.82) is 0 Å². The number of ether oxygens (including phenoxy) is 1. The standard InChI is InChI=1S/C17H23N5O2/c1-3-15-20-16-14(6-5-11-22(16)21-15)19-17(23)18-12-7-9-13(10-8-12)24-4-2/h7-10,14H,3-6,11H2,1-2H3,(H2,18,19,23). The van der Waals surface area contributed by atoms with E-state index >= 15 is 0 Å². The molecule has 0 fully saturated rings. The van der Waals surface area contributed by atoms with Gasteiger partial charge in [-0.15, -0.1) is 0 Å². The third kappa shape index (κ3) is 3.67. The summed E-state index contributed by atoms with van der Waals surface area (Å²) in [6.07, 6.45) is 2.65. The Morgan fingerprint density at radius 2 is 2.12 bits per heavy atom. The Balaban J connectivity index is 1.62. The third-order valence-corrected chi connectivity index (χ3v) is 3.96. The number of anilines is 1. The molecule has 0 aliphatic carbocycles. The normalized spacial score (nSPS) is 16.3. The Bertz CT molecular complexity index is 696. The molecule has 1 aromatic carbocycles. The van der Waals surface area contributed by atoms with Crippen LogP contribution in [0.2, 0.25) is 0 Å². The summed E-state index contributed by atoms with van der Waals surface area (Å²) in [5.41, 5.74) is 0.725. The highest BCUT2D eigenvalue weighted by atomic mass is 16.5. The zero-order valence-electron chi connectivity index (χ0n) is 14.1. The van der Waals surface area contributed by atoms with E-state index in [9.17, 15) is 4.79 Å². The highest BCUT2D eigenvalue weighted by Crippen LogP contribution is 2.23. The molecule has 0 radical (unpaired) electrons. The molecule has 0 saturated heterocycles. The fourth-order valence-corrected chi connectivity index (χ4v) is 2.81. The molecule has 2 aromatic rings. The minimum atomic E-state index is -0.237. The molecule has 24 heavy (non-hydrogen) atoms. The van der Waals surface area contributed by atoms with Crippen molar-refractivity contribution in [3.8, 4) is 5.75 Å². The number of aryl methyl sites for hydroxylation is 2. The highest BCUT2D eigenvalue weighted by Gasteiger charge is 2.25. The lowest BCUT2D eigenvalue weighted by Gasteiger charge is -2.23. The van der Waals surface area contributed by atoms with Crippen LogP contribution in [-0.2, 0) is 13.0 Å². The van der Waals surface area contributed by atoms with E-state index in [4.69, 9.17) is 4.74 Å². The zero-order chi connectivity index (χ0) is 16.9. The van der Waals surface area contributed by atoms with Crippen LogP contribution < -0.4 is 15.4 Å². The van der Waals surface area contributed by atoms with Crippen molar-refractivity contribution in [2.45, 2.75) is 45.7 Å². The second-order valence-electron chi connectivity index (χ2n) is 5.71. The van der Waals surface area contributed by atoms with Crippen LogP contribution in [0.4, 0.5) is 10.5 Å². The average Bonchev–Trinajstić information content (AvgIpc) is 3.01. The van der Waals surface area contributed by atoms with E-state index in [2.05, 4.69) is 20.7 Å². The number of nitrogens with one attached hydrogen (secondary N) is 2. The fraction of sp³-hybridized carbons (Fsp3) is 0.471. The summed E-state index contributed by atoms with van der Waals surface area (Å²) in [4.78, 5) is 16.8. The number of nitrogens with zero attached hydrogens (tertiary/aromatic N) is 3. The molecular formula is C17H23N5O2. The van der Waals surface area contributed by atoms with Gasteiger partial charge in [0, 0.05) is 18.7 Å². The second kappa shape index (κ2) is 7.33. The number of fused-ring (bicyclic) bond motifs is 1. The van der Waals surface area contributed by atoms with E-state index in [0.29, 0.717) is 6.61 Å². The minimum Gasteiger partial charge on any atom is -0.494 e. The van der Waals surface area contributed by atoms with Crippen molar-refractivity contribution >= 4 is 11.7 Å². The number of hydrogen-bond donors (Lipinski definition) is 2. The van der Waals surface area contributed by atoms with Crippen LogP contribution in [0.25, 0.3) is 0 Å². The van der Waals surface area contributed by atoms with Crippen LogP contribution in [0.5, 0.6) is 5.75 Å². The van der Waals surface area contributed by atoms with E-state index in [1.165, 1.54) is 0 Å². The first kappa shape index (κ1) is 16.3. The number of benzene rings is 1. The number of aromatic nitrogens is 3. The summed E-state index contributed by atoms with van der Waals surface area (Å²) in [7, 11) is 0. The van der Waals surface area contributed by atoms with E-state index in [-0.39, 0.29) is 12.1 Å². The van der Waals surface area contributed by atoms with Crippen molar-refractivity contribution < 1.29 is 9.53 Å². The molecule has 128 valence electrons. The summed E-state index contributed by atoms with van der Waals surface area (Å²) in [5, 5.41) is 10.3. The largest absolute Gasteiger partial charge is 0.494 e. The van der Waals surface area contributed by atoms with Gasteiger partial charge in [0.05, 0.1) is 12.6 Å². The van der Waals surface area contributed by atoms with Crippen molar-refractivity contribution in [2.75, 3.05) is 11.9 Å². The number of urea groups is 1. The van der Waals surface area contributed by atoms with Gasteiger partial charge in [-0.3, -0.25) is 0 Å². The van der Waals surface area contributed by atoms with E-state index in [0.717, 1.165) is 48.9 Å². The van der Waals surface area contributed by atoms with Crippen LogP contribution in [0.3, 0.4) is 0 Å². The van der Waals surface area contributed by atoms with E-state index in [1.807, 2.05) is 42.8 Å². The zero-order valence-corrected chi connectivity index (χ0v) is 14.1. The van der Waals surface area contributed by atoms with Gasteiger partial charge >= 0.3 is 6.03 Å². The minimum absolute atomic E-state index is 0.103. The first-order valence-corrected chi connectivity index (χ1v) is 8.43. The van der Waals surface area contributed by atoms with Gasteiger partial charge < -0.3 is 15.4 Å². The predicted octanol–water partition coefficient (Wildman–Crippen LogP) is 2.90. The van der Waals surface area contributed by atoms with Gasteiger partial charge in [0.15, 0.2) is 5.82 Å². The summed E-state index contributed by atoms with van der Waals surface area (Å²) >= 11 is 0. The molecule has 0 bridgehead atoms. The molecule has 1 aliphatic heterocycles. The lowest BCUT2D eigenvalue weighted by atomic mass is 10.1. The Kier molecular flexibility index (Phi) is 4.98. The Hall–Kier alpha value is -2.57. The Morgan fingerprint density at radius 3 is 2.83 bits per heavy atom. The van der Waals surface area contributed by atoms with Gasteiger partial charge in [0.1, 0.15) is 11.6 Å². The highest BCUT2D eigenvalue weighted by molar-refractivity contribution is 5.89. The number of amides is 2. The SMILES string of the molecule is CCOc1ccc(NC(=O)NC2CCCn3nc(CC)nc32)cc1. The fourth-order valence-electron chi connectivity index (χ4n) is 2.81. The maximum Gasteiger partial charge on any atom is 0.319 e. The maximum absolute atomic E-state index is 12.3. The molecule has 7 heteroatoms. The van der Waals surface area contributed by atoms with E-state index in [1.54, 1.807) is 0 Å². The molecule has 7 nitrogen and oxygen atoms in total. The number of hydrogen-bond acceptors (Lipinski definition) is 4. The quantitative estimate of drug-likeness (QED) is 0.884. The van der Waals surface area contributed by atoms with Crippen molar-refractivity contribution in [2.24, 2.45) is 0 Å². The molecule has 2 amide bonds. The Morgan fingerprint density at radius 1 is 1.33 bits per heavy atom. The molecule has 0 spiro atoms. The lowest BCUT2D eigenvalue weighted by molar-refractivity contribution is 0.244. The molecule has 1 aliphatic rings. The molecule has 1 aromatic heterocycles. The van der Waals surface area contributed by atoms with Crippen molar-refractivity contribution in [3.63, 3.8) is 0 Å². The van der Waals surface area contributed by atoms with Gasteiger partial charge in [0.2, 0.25) is 0 Å². The topological polar surface area (TPSA) is 81.1 Å². The first-order valence-electron chi connectivity index (χ1n) is 8.43. The average molecular weight is 329 g/mol. The first-order chi connectivity index (χ1) is 11.7. The molecular weight excluding hydrogens is 306 g/mol. The van der Waals surface area contributed by atoms with Crippen LogP contribution in [0.15, 0.2) is 24.3 Å². The van der Waals surface area contributed by atoms with Crippen molar-refractivity contribution in [1.82, 2.24) is 20.1 Å². The summed E-state index contributed by atoms with van der Waals surface area (Å²) < 4.78 is 7.30. The smallest absolute Gasteiger partial charge is 0.319 e. The van der Waals surface area contributed by atoms with Crippen molar-refractivity contribution in [3.05, 3.63) is 35.9 Å². The van der Waals surface area contributed by atoms with Gasteiger partial charge in [-0.05, 0) is 44.0 Å². The van der Waals surface area contributed by atoms with Crippen LogP contribution in [0.1, 0.15) is 44.4 Å². The molecule has 1 atom stereocenters. The third-order valence-electron chi connectivity index (χ3n) is 3.96. The van der Waals surface area contributed by atoms with Gasteiger partial charge in [-0.2, -0.15) is 5.10 Å². The molecule has 0 saturated carbocycles. The number of rotatable bonds is 5. The van der Waals surface area contributed by atoms with Crippen LogP contribution >= 0.6 is 0 Å². The van der Waals surface area contributed by atoms with Gasteiger partial charge in [-0.25, -0.2) is 14.5 Å². The Labute approximate surface area is 141 Å². The van der Waals surface area contributed by atoms with Gasteiger partial charge in [-0.1, -0.05) is 6.92 Å². The molecule has 1 unspecified atom stereocenters. The molecule has 2 heterocycles. The van der Waals surface area contributed by atoms with Gasteiger partial charge in [0.25, 0.3) is 0 Å². The molecule has 3 rings (SSSR count). The number of carbonyl (C=O) groups excluding carboxylic acids is 1. The summed E-state index contributed by atoms with van der Waals surface area (Å²) in [6, 6.07) is 6.98. The molecule has 2 N–H and O–H groups in total.